The Labute approximate surface area is 180 Å². The van der Waals surface area contributed by atoms with Crippen LogP contribution in [0, 0.1) is 0 Å². The highest BCUT2D eigenvalue weighted by molar-refractivity contribution is 6.32. The molecule has 1 atom stereocenters. The van der Waals surface area contributed by atoms with Crippen molar-refractivity contribution in [2.75, 3.05) is 19.6 Å². The molecule has 2 heterocycles. The van der Waals surface area contributed by atoms with Crippen LogP contribution >= 0.6 is 11.6 Å². The van der Waals surface area contributed by atoms with E-state index in [0.717, 1.165) is 36.8 Å². The van der Waals surface area contributed by atoms with Crippen molar-refractivity contribution in [3.63, 3.8) is 0 Å². The number of halogens is 1. The normalized spacial score (nSPS) is 14.9. The Morgan fingerprint density at radius 2 is 2.13 bits per heavy atom. The van der Waals surface area contributed by atoms with Crippen molar-refractivity contribution in [2.24, 2.45) is 0 Å². The first kappa shape index (κ1) is 22.2. The Morgan fingerprint density at radius 1 is 1.33 bits per heavy atom. The molecule has 0 unspecified atom stereocenters. The van der Waals surface area contributed by atoms with Gasteiger partial charge in [0, 0.05) is 43.6 Å². The minimum Gasteiger partial charge on any atom is -0.479 e. The van der Waals surface area contributed by atoms with E-state index < -0.39 is 11.7 Å². The van der Waals surface area contributed by atoms with E-state index in [4.69, 9.17) is 20.8 Å². The van der Waals surface area contributed by atoms with Gasteiger partial charge in [0.25, 0.3) is 5.91 Å². The van der Waals surface area contributed by atoms with Crippen molar-refractivity contribution in [3.05, 3.63) is 39.2 Å². The fourth-order valence-electron chi connectivity index (χ4n) is 3.60. The SMILES string of the molecule is CCCc1cc(=O)oc2cc(O[C@@H](C)C(=O)NCCCN3CCCC3=O)c(Cl)cc12. The number of hydrogen-bond donors (Lipinski definition) is 1. The molecule has 0 saturated carbocycles. The summed E-state index contributed by atoms with van der Waals surface area (Å²) in [7, 11) is 0. The molecule has 1 fully saturated rings. The van der Waals surface area contributed by atoms with Crippen molar-refractivity contribution in [1.29, 1.82) is 0 Å². The maximum Gasteiger partial charge on any atom is 0.336 e. The standard InChI is InChI=1S/C22H27ClN2O5/c1-3-6-15-11-21(27)30-18-13-19(17(23)12-16(15)18)29-14(2)22(28)24-8-5-10-25-9-4-7-20(25)26/h11-14H,3-10H2,1-2H3,(H,24,28)/t14-/m0/s1. The largest absolute Gasteiger partial charge is 0.479 e. The number of nitrogens with zero attached hydrogens (tertiary/aromatic N) is 1. The fourth-order valence-corrected chi connectivity index (χ4v) is 3.81. The van der Waals surface area contributed by atoms with Crippen molar-refractivity contribution >= 4 is 34.4 Å². The van der Waals surface area contributed by atoms with Crippen LogP contribution in [0.15, 0.2) is 27.4 Å². The van der Waals surface area contributed by atoms with Crippen LogP contribution < -0.4 is 15.7 Å². The molecule has 1 aliphatic rings. The van der Waals surface area contributed by atoms with Crippen LogP contribution in [0.2, 0.25) is 5.02 Å². The van der Waals surface area contributed by atoms with Crippen molar-refractivity contribution in [3.8, 4) is 5.75 Å². The van der Waals surface area contributed by atoms with Gasteiger partial charge in [0.1, 0.15) is 11.3 Å². The van der Waals surface area contributed by atoms with E-state index in [-0.39, 0.29) is 17.6 Å². The molecule has 0 spiro atoms. The Kier molecular flexibility index (Phi) is 7.37. The van der Waals surface area contributed by atoms with Gasteiger partial charge in [-0.3, -0.25) is 9.59 Å². The van der Waals surface area contributed by atoms with E-state index in [2.05, 4.69) is 5.32 Å². The third-order valence-electron chi connectivity index (χ3n) is 5.15. The molecule has 0 bridgehead atoms. The zero-order valence-electron chi connectivity index (χ0n) is 17.3. The third-order valence-corrected chi connectivity index (χ3v) is 5.45. The summed E-state index contributed by atoms with van der Waals surface area (Å²) in [6, 6.07) is 4.74. The monoisotopic (exact) mass is 434 g/mol. The number of fused-ring (bicyclic) bond motifs is 1. The molecule has 0 radical (unpaired) electrons. The number of benzene rings is 1. The number of amides is 2. The van der Waals surface area contributed by atoms with Gasteiger partial charge in [-0.05, 0) is 37.8 Å². The first-order chi connectivity index (χ1) is 14.4. The Morgan fingerprint density at radius 3 is 2.83 bits per heavy atom. The topological polar surface area (TPSA) is 88.8 Å². The summed E-state index contributed by atoms with van der Waals surface area (Å²) < 4.78 is 11.0. The zero-order chi connectivity index (χ0) is 21.7. The lowest BCUT2D eigenvalue weighted by Crippen LogP contribution is -2.38. The van der Waals surface area contributed by atoms with E-state index >= 15 is 0 Å². The van der Waals surface area contributed by atoms with E-state index in [9.17, 15) is 14.4 Å². The molecule has 1 aromatic carbocycles. The molecule has 2 aromatic rings. The molecule has 162 valence electrons. The maximum atomic E-state index is 12.3. The summed E-state index contributed by atoms with van der Waals surface area (Å²) in [6.45, 7) is 5.55. The second-order valence-corrected chi connectivity index (χ2v) is 7.92. The van der Waals surface area contributed by atoms with Crippen LogP contribution in [0.4, 0.5) is 0 Å². The van der Waals surface area contributed by atoms with Gasteiger partial charge in [0.05, 0.1) is 5.02 Å². The number of ether oxygens (including phenoxy) is 1. The summed E-state index contributed by atoms with van der Waals surface area (Å²) in [4.78, 5) is 37.6. The number of carbonyl (C=O) groups is 2. The van der Waals surface area contributed by atoms with Crippen LogP contribution in [-0.4, -0.2) is 42.5 Å². The molecule has 7 nitrogen and oxygen atoms in total. The molecule has 30 heavy (non-hydrogen) atoms. The van der Waals surface area contributed by atoms with Crippen molar-refractivity contribution in [1.82, 2.24) is 10.2 Å². The van der Waals surface area contributed by atoms with Gasteiger partial charge in [0.2, 0.25) is 5.91 Å². The molecular formula is C22H27ClN2O5. The summed E-state index contributed by atoms with van der Waals surface area (Å²) >= 11 is 6.36. The summed E-state index contributed by atoms with van der Waals surface area (Å²) in [5.41, 5.74) is 0.828. The highest BCUT2D eigenvalue weighted by atomic mass is 35.5. The number of nitrogens with one attached hydrogen (secondary N) is 1. The zero-order valence-corrected chi connectivity index (χ0v) is 18.1. The lowest BCUT2D eigenvalue weighted by atomic mass is 10.1. The van der Waals surface area contributed by atoms with Gasteiger partial charge in [-0.1, -0.05) is 24.9 Å². The summed E-state index contributed by atoms with van der Waals surface area (Å²) in [5.74, 6) is 0.184. The molecule has 3 rings (SSSR count). The highest BCUT2D eigenvalue weighted by Gasteiger charge is 2.20. The predicted molar refractivity (Wildman–Crippen MR) is 115 cm³/mol. The second kappa shape index (κ2) is 9.98. The molecule has 1 aliphatic heterocycles. The average molecular weight is 435 g/mol. The molecule has 2 amide bonds. The first-order valence-electron chi connectivity index (χ1n) is 10.4. The summed E-state index contributed by atoms with van der Waals surface area (Å²) in [5, 5.41) is 3.93. The van der Waals surface area contributed by atoms with Crippen LogP contribution in [0.5, 0.6) is 5.75 Å². The Balaban J connectivity index is 1.60. The van der Waals surface area contributed by atoms with Crippen LogP contribution in [0.25, 0.3) is 11.0 Å². The minimum atomic E-state index is -0.779. The maximum absolute atomic E-state index is 12.3. The van der Waals surface area contributed by atoms with E-state index in [1.54, 1.807) is 19.1 Å². The summed E-state index contributed by atoms with van der Waals surface area (Å²) in [6.07, 6.45) is 3.05. The van der Waals surface area contributed by atoms with Crippen LogP contribution in [0.1, 0.15) is 45.1 Å². The lowest BCUT2D eigenvalue weighted by Gasteiger charge is -2.18. The third kappa shape index (κ3) is 5.33. The number of rotatable bonds is 9. The number of aryl methyl sites for hydroxylation is 1. The van der Waals surface area contributed by atoms with E-state index in [1.807, 2.05) is 11.8 Å². The van der Waals surface area contributed by atoms with Gasteiger partial charge in [-0.15, -0.1) is 0 Å². The van der Waals surface area contributed by atoms with Gasteiger partial charge >= 0.3 is 5.63 Å². The highest BCUT2D eigenvalue weighted by Crippen LogP contribution is 2.32. The lowest BCUT2D eigenvalue weighted by molar-refractivity contribution is -0.127. The second-order valence-electron chi connectivity index (χ2n) is 7.51. The molecule has 8 heteroatoms. The predicted octanol–water partition coefficient (Wildman–Crippen LogP) is 3.29. The van der Waals surface area contributed by atoms with Crippen molar-refractivity contribution < 1.29 is 18.7 Å². The number of carbonyl (C=O) groups excluding carboxylic acids is 2. The molecule has 1 saturated heterocycles. The number of hydrogen-bond acceptors (Lipinski definition) is 5. The van der Waals surface area contributed by atoms with Crippen LogP contribution in [0.3, 0.4) is 0 Å². The number of likely N-dealkylation sites (tertiary alicyclic amines) is 1. The van der Waals surface area contributed by atoms with Gasteiger partial charge in [0.15, 0.2) is 6.10 Å². The smallest absolute Gasteiger partial charge is 0.336 e. The van der Waals surface area contributed by atoms with E-state index in [1.165, 1.54) is 6.07 Å². The van der Waals surface area contributed by atoms with Gasteiger partial charge < -0.3 is 19.4 Å². The van der Waals surface area contributed by atoms with E-state index in [0.29, 0.717) is 36.5 Å². The van der Waals surface area contributed by atoms with Crippen LogP contribution in [-0.2, 0) is 16.0 Å². The van der Waals surface area contributed by atoms with Crippen molar-refractivity contribution in [2.45, 2.75) is 52.1 Å². The fraction of sp³-hybridized carbons (Fsp3) is 0.500. The van der Waals surface area contributed by atoms with Gasteiger partial charge in [-0.25, -0.2) is 4.79 Å². The first-order valence-corrected chi connectivity index (χ1v) is 10.7. The Bertz CT molecular complexity index is 987. The molecular weight excluding hydrogens is 408 g/mol. The average Bonchev–Trinajstić information content (AvgIpc) is 3.11. The molecule has 1 N–H and O–H groups in total. The Hall–Kier alpha value is -2.54. The minimum absolute atomic E-state index is 0.178. The quantitative estimate of drug-likeness (QED) is 0.483. The van der Waals surface area contributed by atoms with Gasteiger partial charge in [-0.2, -0.15) is 0 Å². The molecule has 1 aromatic heterocycles. The molecule has 0 aliphatic carbocycles.